The van der Waals surface area contributed by atoms with Crippen LogP contribution in [0.3, 0.4) is 0 Å². The number of nitrogens with zero attached hydrogens (tertiary/aromatic N) is 2. The molecular formula is C25H21N3O2S. The molecule has 31 heavy (non-hydrogen) atoms. The van der Waals surface area contributed by atoms with E-state index < -0.39 is 0 Å². The number of hydrogen-bond acceptors (Lipinski definition) is 5. The smallest absolute Gasteiger partial charge is 0.258 e. The van der Waals surface area contributed by atoms with Crippen LogP contribution in [-0.2, 0) is 4.79 Å². The molecule has 0 spiro atoms. The maximum atomic E-state index is 13.2. The first-order chi connectivity index (χ1) is 15.2. The largest absolute Gasteiger partial charge is 0.494 e. The number of thiazole rings is 1. The van der Waals surface area contributed by atoms with Crippen molar-refractivity contribution in [3.8, 4) is 17.1 Å². The monoisotopic (exact) mass is 427 g/mol. The van der Waals surface area contributed by atoms with Crippen LogP contribution < -0.4 is 10.1 Å². The first-order valence-corrected chi connectivity index (χ1v) is 10.8. The van der Waals surface area contributed by atoms with Crippen LogP contribution in [0.15, 0.2) is 84.4 Å². The van der Waals surface area contributed by atoms with Gasteiger partial charge in [0.2, 0.25) is 0 Å². The number of ether oxygens (including phenoxy) is 1. The van der Waals surface area contributed by atoms with Gasteiger partial charge in [0.25, 0.3) is 5.91 Å². The summed E-state index contributed by atoms with van der Waals surface area (Å²) < 4.78 is 5.50. The molecule has 1 amide bonds. The number of carbonyl (C=O) groups excluding carboxylic acids is 1. The summed E-state index contributed by atoms with van der Waals surface area (Å²) in [6.07, 6.45) is 3.59. The minimum Gasteiger partial charge on any atom is -0.494 e. The predicted molar refractivity (Wildman–Crippen MR) is 126 cm³/mol. The van der Waals surface area contributed by atoms with E-state index in [1.165, 1.54) is 11.3 Å². The summed E-state index contributed by atoms with van der Waals surface area (Å²) in [6, 6.07) is 22.9. The van der Waals surface area contributed by atoms with Crippen molar-refractivity contribution in [2.45, 2.75) is 6.92 Å². The SMILES string of the molecule is CCOc1ccc(/C=C(/C(=O)Nc2nc(-c3ccccn3)cs2)c2ccccc2)cc1. The highest BCUT2D eigenvalue weighted by Crippen LogP contribution is 2.26. The van der Waals surface area contributed by atoms with E-state index in [0.29, 0.717) is 17.3 Å². The predicted octanol–water partition coefficient (Wildman–Crippen LogP) is 5.78. The maximum absolute atomic E-state index is 13.2. The number of anilines is 1. The third kappa shape index (κ3) is 5.24. The molecule has 2 aromatic heterocycles. The molecule has 0 radical (unpaired) electrons. The normalized spacial score (nSPS) is 11.2. The van der Waals surface area contributed by atoms with Gasteiger partial charge in [-0.05, 0) is 48.4 Å². The zero-order chi connectivity index (χ0) is 21.5. The van der Waals surface area contributed by atoms with Crippen molar-refractivity contribution >= 4 is 34.0 Å². The van der Waals surface area contributed by atoms with Crippen molar-refractivity contribution in [1.82, 2.24) is 9.97 Å². The molecule has 0 bridgehead atoms. The van der Waals surface area contributed by atoms with E-state index in [1.807, 2.05) is 91.2 Å². The van der Waals surface area contributed by atoms with Crippen molar-refractivity contribution in [3.63, 3.8) is 0 Å². The van der Waals surface area contributed by atoms with Crippen LogP contribution in [0.1, 0.15) is 18.1 Å². The number of aromatic nitrogens is 2. The first kappa shape index (κ1) is 20.5. The first-order valence-electron chi connectivity index (χ1n) is 9.91. The Balaban J connectivity index is 1.60. The Morgan fingerprint density at radius 1 is 1.00 bits per heavy atom. The number of carbonyl (C=O) groups is 1. The number of nitrogens with one attached hydrogen (secondary N) is 1. The lowest BCUT2D eigenvalue weighted by atomic mass is 10.0. The van der Waals surface area contributed by atoms with Gasteiger partial charge in [0, 0.05) is 17.2 Å². The van der Waals surface area contributed by atoms with Crippen LogP contribution in [0.25, 0.3) is 23.0 Å². The van der Waals surface area contributed by atoms with Gasteiger partial charge in [0.15, 0.2) is 5.13 Å². The highest BCUT2D eigenvalue weighted by Gasteiger charge is 2.15. The zero-order valence-electron chi connectivity index (χ0n) is 17.0. The topological polar surface area (TPSA) is 64.1 Å². The zero-order valence-corrected chi connectivity index (χ0v) is 17.8. The minimum absolute atomic E-state index is 0.220. The third-order valence-electron chi connectivity index (χ3n) is 4.48. The second-order valence-electron chi connectivity index (χ2n) is 6.63. The van der Waals surface area contributed by atoms with Crippen LogP contribution in [-0.4, -0.2) is 22.5 Å². The molecule has 4 rings (SSSR count). The Bertz CT molecular complexity index is 1170. The van der Waals surface area contributed by atoms with E-state index >= 15 is 0 Å². The summed E-state index contributed by atoms with van der Waals surface area (Å²) in [5, 5.41) is 5.34. The summed E-state index contributed by atoms with van der Waals surface area (Å²) in [5.74, 6) is 0.581. The van der Waals surface area contributed by atoms with E-state index in [-0.39, 0.29) is 5.91 Å². The van der Waals surface area contributed by atoms with Crippen molar-refractivity contribution in [2.24, 2.45) is 0 Å². The van der Waals surface area contributed by atoms with Gasteiger partial charge in [0.05, 0.1) is 12.3 Å². The third-order valence-corrected chi connectivity index (χ3v) is 5.24. The number of amides is 1. The van der Waals surface area contributed by atoms with Gasteiger partial charge in [-0.2, -0.15) is 0 Å². The standard InChI is InChI=1S/C25H21N3O2S/c1-2-30-20-13-11-18(12-14-20)16-21(19-8-4-3-5-9-19)24(29)28-25-27-23(17-31-25)22-10-6-7-15-26-22/h3-17H,2H2,1H3,(H,27,28,29)/b21-16+. The summed E-state index contributed by atoms with van der Waals surface area (Å²) in [5.41, 5.74) is 3.80. The van der Waals surface area contributed by atoms with Gasteiger partial charge in [0.1, 0.15) is 11.4 Å². The molecule has 0 aliphatic rings. The highest BCUT2D eigenvalue weighted by molar-refractivity contribution is 7.14. The van der Waals surface area contributed by atoms with Crippen molar-refractivity contribution < 1.29 is 9.53 Å². The molecule has 0 aliphatic heterocycles. The van der Waals surface area contributed by atoms with E-state index in [0.717, 1.165) is 28.3 Å². The molecule has 4 aromatic rings. The Hall–Kier alpha value is -3.77. The second-order valence-corrected chi connectivity index (χ2v) is 7.49. The van der Waals surface area contributed by atoms with Crippen molar-refractivity contribution in [3.05, 3.63) is 95.5 Å². The average Bonchev–Trinajstić information content (AvgIpc) is 3.28. The Morgan fingerprint density at radius 2 is 1.77 bits per heavy atom. The number of pyridine rings is 1. The molecule has 0 saturated heterocycles. The quantitative estimate of drug-likeness (QED) is 0.300. The van der Waals surface area contributed by atoms with Crippen LogP contribution in [0.2, 0.25) is 0 Å². The molecule has 2 heterocycles. The molecule has 2 aromatic carbocycles. The van der Waals surface area contributed by atoms with E-state index in [1.54, 1.807) is 6.20 Å². The highest BCUT2D eigenvalue weighted by atomic mass is 32.1. The number of hydrogen-bond donors (Lipinski definition) is 1. The van der Waals surface area contributed by atoms with Gasteiger partial charge in [-0.3, -0.25) is 15.1 Å². The molecule has 0 unspecified atom stereocenters. The summed E-state index contributed by atoms with van der Waals surface area (Å²) in [6.45, 7) is 2.56. The van der Waals surface area contributed by atoms with Crippen LogP contribution in [0.5, 0.6) is 5.75 Å². The van der Waals surface area contributed by atoms with E-state index in [2.05, 4.69) is 15.3 Å². The lowest BCUT2D eigenvalue weighted by Gasteiger charge is -2.09. The van der Waals surface area contributed by atoms with Gasteiger partial charge >= 0.3 is 0 Å². The number of benzene rings is 2. The lowest BCUT2D eigenvalue weighted by Crippen LogP contribution is -2.13. The van der Waals surface area contributed by atoms with Crippen molar-refractivity contribution in [2.75, 3.05) is 11.9 Å². The van der Waals surface area contributed by atoms with Crippen LogP contribution in [0.4, 0.5) is 5.13 Å². The van der Waals surface area contributed by atoms with Gasteiger partial charge in [-0.1, -0.05) is 48.5 Å². The van der Waals surface area contributed by atoms with Gasteiger partial charge in [-0.25, -0.2) is 4.98 Å². The second kappa shape index (κ2) is 9.82. The fourth-order valence-corrected chi connectivity index (χ4v) is 3.72. The maximum Gasteiger partial charge on any atom is 0.258 e. The van der Waals surface area contributed by atoms with Crippen molar-refractivity contribution in [1.29, 1.82) is 0 Å². The van der Waals surface area contributed by atoms with E-state index in [4.69, 9.17) is 4.74 Å². The number of rotatable bonds is 7. The molecule has 0 fully saturated rings. The fraction of sp³-hybridized carbons (Fsp3) is 0.0800. The van der Waals surface area contributed by atoms with E-state index in [9.17, 15) is 4.79 Å². The molecule has 1 N–H and O–H groups in total. The summed E-state index contributed by atoms with van der Waals surface area (Å²) in [7, 11) is 0. The van der Waals surface area contributed by atoms with Crippen LogP contribution in [0, 0.1) is 0 Å². The molecule has 0 saturated carbocycles. The Kier molecular flexibility index (Phi) is 6.50. The minimum atomic E-state index is -0.220. The van der Waals surface area contributed by atoms with Crippen LogP contribution >= 0.6 is 11.3 Å². The summed E-state index contributed by atoms with van der Waals surface area (Å²) in [4.78, 5) is 22.0. The Labute approximate surface area is 185 Å². The van der Waals surface area contributed by atoms with Gasteiger partial charge in [-0.15, -0.1) is 11.3 Å². The molecule has 0 atom stereocenters. The molecule has 5 nitrogen and oxygen atoms in total. The lowest BCUT2D eigenvalue weighted by molar-refractivity contribution is -0.111. The average molecular weight is 428 g/mol. The molecule has 154 valence electrons. The Morgan fingerprint density at radius 3 is 2.48 bits per heavy atom. The fourth-order valence-electron chi connectivity index (χ4n) is 3.02. The summed E-state index contributed by atoms with van der Waals surface area (Å²) >= 11 is 1.37. The molecule has 6 heteroatoms. The molecule has 0 aliphatic carbocycles. The molecular weight excluding hydrogens is 406 g/mol. The van der Waals surface area contributed by atoms with Gasteiger partial charge < -0.3 is 4.74 Å².